The maximum atomic E-state index is 4.81. The molecule has 1 aromatic rings. The standard InChI is InChI=1S/C14H22N4/c1-2-15-13-11-7-3-4-8-12(11)16-14(17-13)18-9-5-6-10-18/h2-10H2,1H3,(H,15,16,17). The lowest BCUT2D eigenvalue weighted by molar-refractivity contribution is 0.661. The van der Waals surface area contributed by atoms with Gasteiger partial charge in [0.05, 0.1) is 5.69 Å². The number of hydrogen-bond acceptors (Lipinski definition) is 4. The molecule has 0 bridgehead atoms. The molecule has 2 aliphatic rings. The Morgan fingerprint density at radius 2 is 1.83 bits per heavy atom. The molecular weight excluding hydrogens is 224 g/mol. The van der Waals surface area contributed by atoms with Crippen molar-refractivity contribution in [1.29, 1.82) is 0 Å². The zero-order valence-corrected chi connectivity index (χ0v) is 11.2. The Hall–Kier alpha value is -1.32. The first-order chi connectivity index (χ1) is 8.88. The van der Waals surface area contributed by atoms with Gasteiger partial charge in [0.1, 0.15) is 5.82 Å². The number of aromatic nitrogens is 2. The number of nitrogens with zero attached hydrogens (tertiary/aromatic N) is 3. The Morgan fingerprint density at radius 3 is 2.61 bits per heavy atom. The van der Waals surface area contributed by atoms with E-state index in [0.29, 0.717) is 0 Å². The van der Waals surface area contributed by atoms with E-state index >= 15 is 0 Å². The highest BCUT2D eigenvalue weighted by Crippen LogP contribution is 2.28. The van der Waals surface area contributed by atoms with E-state index in [2.05, 4.69) is 17.1 Å². The number of hydrogen-bond donors (Lipinski definition) is 1. The third kappa shape index (κ3) is 2.16. The predicted octanol–water partition coefficient (Wildman–Crippen LogP) is 2.39. The minimum atomic E-state index is 0.933. The van der Waals surface area contributed by atoms with E-state index in [1.165, 1.54) is 36.9 Å². The van der Waals surface area contributed by atoms with E-state index in [9.17, 15) is 0 Å². The molecular formula is C14H22N4. The van der Waals surface area contributed by atoms with Crippen LogP contribution in [0.25, 0.3) is 0 Å². The highest BCUT2D eigenvalue weighted by molar-refractivity contribution is 5.52. The van der Waals surface area contributed by atoms with Crippen LogP contribution >= 0.6 is 0 Å². The smallest absolute Gasteiger partial charge is 0.227 e. The highest BCUT2D eigenvalue weighted by Gasteiger charge is 2.21. The predicted molar refractivity (Wildman–Crippen MR) is 74.3 cm³/mol. The van der Waals surface area contributed by atoms with Gasteiger partial charge in [-0.2, -0.15) is 4.98 Å². The Labute approximate surface area is 109 Å². The molecule has 0 radical (unpaired) electrons. The highest BCUT2D eigenvalue weighted by atomic mass is 15.3. The second-order valence-electron chi connectivity index (χ2n) is 5.23. The lowest BCUT2D eigenvalue weighted by Gasteiger charge is -2.23. The van der Waals surface area contributed by atoms with Gasteiger partial charge in [-0.05, 0) is 45.4 Å². The largest absolute Gasteiger partial charge is 0.370 e. The van der Waals surface area contributed by atoms with Crippen molar-refractivity contribution in [1.82, 2.24) is 9.97 Å². The molecule has 0 saturated carbocycles. The van der Waals surface area contributed by atoms with E-state index < -0.39 is 0 Å². The van der Waals surface area contributed by atoms with Crippen LogP contribution in [0.15, 0.2) is 0 Å². The van der Waals surface area contributed by atoms with Crippen LogP contribution in [0.3, 0.4) is 0 Å². The van der Waals surface area contributed by atoms with Crippen LogP contribution < -0.4 is 10.2 Å². The molecule has 1 N–H and O–H groups in total. The lowest BCUT2D eigenvalue weighted by Crippen LogP contribution is -2.23. The Morgan fingerprint density at radius 1 is 1.06 bits per heavy atom. The average molecular weight is 246 g/mol. The summed E-state index contributed by atoms with van der Waals surface area (Å²) in [5.74, 6) is 2.04. The summed E-state index contributed by atoms with van der Waals surface area (Å²) in [5, 5.41) is 3.42. The van der Waals surface area contributed by atoms with E-state index in [0.717, 1.165) is 44.2 Å². The van der Waals surface area contributed by atoms with Crippen LogP contribution in [0.2, 0.25) is 0 Å². The van der Waals surface area contributed by atoms with Crippen molar-refractivity contribution in [2.75, 3.05) is 29.9 Å². The first kappa shape index (κ1) is 11.8. The third-order valence-corrected chi connectivity index (χ3v) is 3.90. The van der Waals surface area contributed by atoms with Gasteiger partial charge in [-0.25, -0.2) is 4.98 Å². The number of anilines is 2. The zero-order valence-electron chi connectivity index (χ0n) is 11.2. The van der Waals surface area contributed by atoms with Crippen molar-refractivity contribution in [3.8, 4) is 0 Å². The quantitative estimate of drug-likeness (QED) is 0.889. The van der Waals surface area contributed by atoms with Gasteiger partial charge in [-0.1, -0.05) is 0 Å². The molecule has 2 heterocycles. The molecule has 0 aromatic carbocycles. The van der Waals surface area contributed by atoms with Crippen LogP contribution in [0.4, 0.5) is 11.8 Å². The number of fused-ring (bicyclic) bond motifs is 1. The molecule has 18 heavy (non-hydrogen) atoms. The molecule has 0 spiro atoms. The monoisotopic (exact) mass is 246 g/mol. The first-order valence-corrected chi connectivity index (χ1v) is 7.27. The van der Waals surface area contributed by atoms with E-state index in [1.54, 1.807) is 0 Å². The molecule has 0 amide bonds. The van der Waals surface area contributed by atoms with Crippen LogP contribution in [0.1, 0.15) is 43.9 Å². The lowest BCUT2D eigenvalue weighted by atomic mass is 9.96. The maximum absolute atomic E-state index is 4.81. The van der Waals surface area contributed by atoms with Gasteiger partial charge in [0.25, 0.3) is 0 Å². The van der Waals surface area contributed by atoms with Gasteiger partial charge in [-0.3, -0.25) is 0 Å². The van der Waals surface area contributed by atoms with E-state index in [4.69, 9.17) is 9.97 Å². The van der Waals surface area contributed by atoms with Crippen LogP contribution in [0.5, 0.6) is 0 Å². The summed E-state index contributed by atoms with van der Waals surface area (Å²) in [6, 6.07) is 0. The average Bonchev–Trinajstić information content (AvgIpc) is 2.93. The first-order valence-electron chi connectivity index (χ1n) is 7.27. The fourth-order valence-corrected chi connectivity index (χ4v) is 2.95. The van der Waals surface area contributed by atoms with Crippen LogP contribution in [0, 0.1) is 0 Å². The van der Waals surface area contributed by atoms with Crippen molar-refractivity contribution < 1.29 is 0 Å². The Balaban J connectivity index is 1.97. The molecule has 4 nitrogen and oxygen atoms in total. The van der Waals surface area contributed by atoms with Crippen molar-refractivity contribution in [3.63, 3.8) is 0 Å². The molecule has 98 valence electrons. The minimum Gasteiger partial charge on any atom is -0.370 e. The minimum absolute atomic E-state index is 0.933. The Kier molecular flexibility index (Phi) is 3.35. The summed E-state index contributed by atoms with van der Waals surface area (Å²) in [7, 11) is 0. The zero-order chi connectivity index (χ0) is 12.4. The summed E-state index contributed by atoms with van der Waals surface area (Å²) >= 11 is 0. The second kappa shape index (κ2) is 5.12. The summed E-state index contributed by atoms with van der Waals surface area (Å²) in [5.41, 5.74) is 2.65. The van der Waals surface area contributed by atoms with Gasteiger partial charge < -0.3 is 10.2 Å². The third-order valence-electron chi connectivity index (χ3n) is 3.90. The van der Waals surface area contributed by atoms with Crippen LogP contribution in [-0.4, -0.2) is 29.6 Å². The molecule has 1 aromatic heterocycles. The van der Waals surface area contributed by atoms with Gasteiger partial charge in [0.2, 0.25) is 5.95 Å². The molecule has 1 aliphatic heterocycles. The molecule has 0 atom stereocenters. The van der Waals surface area contributed by atoms with Gasteiger partial charge in [0.15, 0.2) is 0 Å². The maximum Gasteiger partial charge on any atom is 0.227 e. The van der Waals surface area contributed by atoms with Crippen molar-refractivity contribution >= 4 is 11.8 Å². The Bertz CT molecular complexity index is 424. The summed E-state index contributed by atoms with van der Waals surface area (Å²) in [6.45, 7) is 5.30. The molecule has 4 heteroatoms. The fourth-order valence-electron chi connectivity index (χ4n) is 2.95. The number of aryl methyl sites for hydroxylation is 1. The fraction of sp³-hybridized carbons (Fsp3) is 0.714. The van der Waals surface area contributed by atoms with Crippen molar-refractivity contribution in [2.24, 2.45) is 0 Å². The molecule has 1 aliphatic carbocycles. The number of nitrogens with one attached hydrogen (secondary N) is 1. The topological polar surface area (TPSA) is 41.1 Å². The van der Waals surface area contributed by atoms with E-state index in [1.807, 2.05) is 0 Å². The second-order valence-corrected chi connectivity index (χ2v) is 5.23. The summed E-state index contributed by atoms with van der Waals surface area (Å²) < 4.78 is 0. The van der Waals surface area contributed by atoms with Gasteiger partial charge in [-0.15, -0.1) is 0 Å². The molecule has 1 fully saturated rings. The molecule has 1 saturated heterocycles. The summed E-state index contributed by atoms with van der Waals surface area (Å²) in [4.78, 5) is 11.9. The van der Waals surface area contributed by atoms with Crippen LogP contribution in [-0.2, 0) is 12.8 Å². The number of rotatable bonds is 3. The van der Waals surface area contributed by atoms with Crippen molar-refractivity contribution in [3.05, 3.63) is 11.3 Å². The molecule has 3 rings (SSSR count). The SMILES string of the molecule is CCNc1nc(N2CCCC2)nc2c1CCCC2. The van der Waals surface area contributed by atoms with Gasteiger partial charge >= 0.3 is 0 Å². The summed E-state index contributed by atoms with van der Waals surface area (Å²) in [6.07, 6.45) is 7.36. The van der Waals surface area contributed by atoms with Crippen molar-refractivity contribution in [2.45, 2.75) is 45.4 Å². The normalized spacial score (nSPS) is 18.8. The molecule has 0 unspecified atom stereocenters. The van der Waals surface area contributed by atoms with E-state index in [-0.39, 0.29) is 0 Å². The van der Waals surface area contributed by atoms with Gasteiger partial charge in [0, 0.05) is 25.2 Å².